The van der Waals surface area contributed by atoms with E-state index in [2.05, 4.69) is 14.7 Å². The van der Waals surface area contributed by atoms with E-state index in [9.17, 15) is 8.42 Å². The first-order chi connectivity index (χ1) is 15.3. The lowest BCUT2D eigenvalue weighted by Crippen LogP contribution is -2.15. The molecule has 3 aromatic rings. The standard InChI is InChI=1S/C19H15Cl2N3O6S2/c1-27-10-3-5-12(20)14(7-10)30-16-17(21)22-19(31-2)23-18(16)24-32(25,26)11-4-6-13-15(8-11)29-9-28-13/h3-8H,9H2,1-2H3,(H,22,23,24). The Morgan fingerprint density at radius 3 is 2.62 bits per heavy atom. The summed E-state index contributed by atoms with van der Waals surface area (Å²) in [4.78, 5) is 8.28. The number of aromatic nitrogens is 2. The van der Waals surface area contributed by atoms with Crippen LogP contribution >= 0.6 is 35.0 Å². The molecule has 2 heterocycles. The number of halogens is 2. The van der Waals surface area contributed by atoms with Gasteiger partial charge in [0.2, 0.25) is 12.5 Å². The van der Waals surface area contributed by atoms with E-state index < -0.39 is 10.0 Å². The number of hydrogen-bond donors (Lipinski definition) is 1. The number of hydrogen-bond acceptors (Lipinski definition) is 9. The van der Waals surface area contributed by atoms with Crippen LogP contribution in [0.4, 0.5) is 5.82 Å². The normalized spacial score (nSPS) is 12.5. The molecule has 1 aliphatic rings. The number of sulfonamides is 1. The number of anilines is 1. The minimum absolute atomic E-state index is 0.0180. The summed E-state index contributed by atoms with van der Waals surface area (Å²) >= 11 is 13.7. The van der Waals surface area contributed by atoms with E-state index in [-0.39, 0.29) is 44.3 Å². The number of ether oxygens (including phenoxy) is 4. The topological polar surface area (TPSA) is 109 Å². The van der Waals surface area contributed by atoms with Crippen LogP contribution in [-0.2, 0) is 10.0 Å². The Bertz CT molecular complexity index is 1290. The van der Waals surface area contributed by atoms with Crippen LogP contribution < -0.4 is 23.7 Å². The first-order valence-electron chi connectivity index (χ1n) is 8.86. The molecule has 0 aliphatic carbocycles. The van der Waals surface area contributed by atoms with Crippen molar-refractivity contribution in [3.63, 3.8) is 0 Å². The Kier molecular flexibility index (Phi) is 6.42. The summed E-state index contributed by atoms with van der Waals surface area (Å²) in [5, 5.41) is 0.384. The van der Waals surface area contributed by atoms with Gasteiger partial charge in [-0.15, -0.1) is 0 Å². The molecule has 0 amide bonds. The van der Waals surface area contributed by atoms with Crippen molar-refractivity contribution in [2.45, 2.75) is 10.1 Å². The van der Waals surface area contributed by atoms with Crippen molar-refractivity contribution in [2.75, 3.05) is 24.9 Å². The van der Waals surface area contributed by atoms with Gasteiger partial charge in [0.15, 0.2) is 27.6 Å². The van der Waals surface area contributed by atoms with E-state index in [1.54, 1.807) is 18.4 Å². The van der Waals surface area contributed by atoms with E-state index in [1.807, 2.05) is 0 Å². The smallest absolute Gasteiger partial charge is 0.263 e. The summed E-state index contributed by atoms with van der Waals surface area (Å²) in [5.41, 5.74) is 0. The van der Waals surface area contributed by atoms with Gasteiger partial charge in [-0.25, -0.2) is 18.4 Å². The zero-order valence-corrected chi connectivity index (χ0v) is 19.7. The van der Waals surface area contributed by atoms with Gasteiger partial charge in [0.25, 0.3) is 10.0 Å². The Morgan fingerprint density at radius 1 is 1.09 bits per heavy atom. The van der Waals surface area contributed by atoms with Gasteiger partial charge in [0.05, 0.1) is 17.0 Å². The molecule has 0 unspecified atom stereocenters. The highest BCUT2D eigenvalue weighted by Gasteiger charge is 2.25. The molecule has 0 spiro atoms. The Morgan fingerprint density at radius 2 is 1.88 bits per heavy atom. The lowest BCUT2D eigenvalue weighted by Gasteiger charge is -2.15. The molecular formula is C19H15Cl2N3O6S2. The third kappa shape index (κ3) is 4.60. The molecule has 9 nitrogen and oxygen atoms in total. The van der Waals surface area contributed by atoms with Crippen LogP contribution in [0.15, 0.2) is 46.5 Å². The number of thioether (sulfide) groups is 1. The molecular weight excluding hydrogens is 501 g/mol. The summed E-state index contributed by atoms with van der Waals surface area (Å²) in [6.07, 6.45) is 1.72. The molecule has 0 radical (unpaired) electrons. The molecule has 1 aromatic heterocycles. The third-order valence-corrected chi connectivity index (χ3v) is 6.67. The second kappa shape index (κ2) is 9.10. The fourth-order valence-electron chi connectivity index (χ4n) is 2.68. The molecule has 0 fully saturated rings. The molecule has 168 valence electrons. The molecule has 4 rings (SSSR count). The van der Waals surface area contributed by atoms with Crippen LogP contribution in [0.25, 0.3) is 0 Å². The van der Waals surface area contributed by atoms with Crippen LogP contribution in [-0.4, -0.2) is 38.5 Å². The van der Waals surface area contributed by atoms with Gasteiger partial charge in [-0.3, -0.25) is 4.72 Å². The van der Waals surface area contributed by atoms with E-state index in [1.165, 1.54) is 43.1 Å². The SMILES string of the molecule is COc1ccc(Cl)c(Oc2c(Cl)nc(SC)nc2NS(=O)(=O)c2ccc3c(c2)OCO3)c1. The first kappa shape index (κ1) is 22.6. The van der Waals surface area contributed by atoms with Crippen LogP contribution in [0.3, 0.4) is 0 Å². The molecule has 0 atom stereocenters. The van der Waals surface area contributed by atoms with Crippen molar-refractivity contribution >= 4 is 50.8 Å². The number of rotatable bonds is 7. The quantitative estimate of drug-likeness (QED) is 0.268. The number of nitrogens with one attached hydrogen (secondary N) is 1. The molecule has 0 bridgehead atoms. The van der Waals surface area contributed by atoms with Crippen molar-refractivity contribution < 1.29 is 27.4 Å². The van der Waals surface area contributed by atoms with Gasteiger partial charge in [-0.05, 0) is 30.5 Å². The maximum absolute atomic E-state index is 13.1. The Hall–Kier alpha value is -2.60. The Labute approximate surface area is 198 Å². The first-order valence-corrected chi connectivity index (χ1v) is 12.3. The monoisotopic (exact) mass is 515 g/mol. The largest absolute Gasteiger partial charge is 0.497 e. The summed E-state index contributed by atoms with van der Waals surface area (Å²) in [5.74, 6) is 1.14. The molecule has 0 saturated carbocycles. The zero-order chi connectivity index (χ0) is 22.9. The molecule has 1 aliphatic heterocycles. The van der Waals surface area contributed by atoms with Gasteiger partial charge in [0.1, 0.15) is 11.5 Å². The average Bonchev–Trinajstić information content (AvgIpc) is 3.25. The van der Waals surface area contributed by atoms with E-state index >= 15 is 0 Å². The maximum atomic E-state index is 13.1. The number of methoxy groups -OCH3 is 1. The Balaban J connectivity index is 1.74. The van der Waals surface area contributed by atoms with Crippen LogP contribution in [0.2, 0.25) is 10.2 Å². The molecule has 2 aromatic carbocycles. The molecule has 13 heteroatoms. The molecule has 32 heavy (non-hydrogen) atoms. The second-order valence-corrected chi connectivity index (χ2v) is 9.42. The summed E-state index contributed by atoms with van der Waals surface area (Å²) in [7, 11) is -2.61. The van der Waals surface area contributed by atoms with Crippen molar-refractivity contribution in [1.29, 1.82) is 0 Å². The second-order valence-electron chi connectivity index (χ2n) is 6.20. The van der Waals surface area contributed by atoms with Crippen LogP contribution in [0.1, 0.15) is 0 Å². The lowest BCUT2D eigenvalue weighted by atomic mass is 10.3. The van der Waals surface area contributed by atoms with Gasteiger partial charge < -0.3 is 18.9 Å². The summed E-state index contributed by atoms with van der Waals surface area (Å²) < 4.78 is 50.0. The van der Waals surface area contributed by atoms with Gasteiger partial charge in [-0.1, -0.05) is 35.0 Å². The van der Waals surface area contributed by atoms with E-state index in [0.717, 1.165) is 0 Å². The lowest BCUT2D eigenvalue weighted by molar-refractivity contribution is 0.174. The van der Waals surface area contributed by atoms with E-state index in [0.29, 0.717) is 17.2 Å². The number of benzene rings is 2. The van der Waals surface area contributed by atoms with Crippen molar-refractivity contribution in [2.24, 2.45) is 0 Å². The minimum Gasteiger partial charge on any atom is -0.497 e. The van der Waals surface area contributed by atoms with E-state index in [4.69, 9.17) is 42.1 Å². The van der Waals surface area contributed by atoms with Crippen molar-refractivity contribution in [3.8, 4) is 28.7 Å². The fraction of sp³-hybridized carbons (Fsp3) is 0.158. The number of fused-ring (bicyclic) bond motifs is 1. The van der Waals surface area contributed by atoms with Crippen molar-refractivity contribution in [1.82, 2.24) is 9.97 Å². The molecule has 0 saturated heterocycles. The number of nitrogens with zero attached hydrogens (tertiary/aromatic N) is 2. The summed E-state index contributed by atoms with van der Waals surface area (Å²) in [6, 6.07) is 8.97. The predicted molar refractivity (Wildman–Crippen MR) is 120 cm³/mol. The van der Waals surface area contributed by atoms with Crippen LogP contribution in [0.5, 0.6) is 28.7 Å². The maximum Gasteiger partial charge on any atom is 0.263 e. The summed E-state index contributed by atoms with van der Waals surface area (Å²) in [6.45, 7) is 0.0180. The predicted octanol–water partition coefficient (Wildman–Crippen LogP) is 4.84. The molecule has 1 N–H and O–H groups in total. The third-order valence-electron chi connectivity index (χ3n) is 4.22. The van der Waals surface area contributed by atoms with Crippen LogP contribution in [0, 0.1) is 0 Å². The minimum atomic E-state index is -4.10. The highest BCUT2D eigenvalue weighted by atomic mass is 35.5. The highest BCUT2D eigenvalue weighted by Crippen LogP contribution is 2.41. The zero-order valence-electron chi connectivity index (χ0n) is 16.6. The van der Waals surface area contributed by atoms with Gasteiger partial charge in [-0.2, -0.15) is 0 Å². The highest BCUT2D eigenvalue weighted by molar-refractivity contribution is 7.98. The van der Waals surface area contributed by atoms with Crippen molar-refractivity contribution in [3.05, 3.63) is 46.6 Å². The van der Waals surface area contributed by atoms with Gasteiger partial charge in [0, 0.05) is 12.1 Å². The average molecular weight is 516 g/mol. The fourth-order valence-corrected chi connectivity index (χ4v) is 4.48. The van der Waals surface area contributed by atoms with Gasteiger partial charge >= 0.3 is 0 Å².